The quantitative estimate of drug-likeness (QED) is 0.759. The first-order valence-corrected chi connectivity index (χ1v) is 5.43. The maximum atomic E-state index is 11.8. The lowest BCUT2D eigenvalue weighted by atomic mass is 9.96. The molecule has 0 aromatic carbocycles. The average Bonchev–Trinajstić information content (AvgIpc) is 2.45. The zero-order valence-corrected chi connectivity index (χ0v) is 9.10. The number of hydrogen-bond donors (Lipinski definition) is 1. The molecule has 0 radical (unpaired) electrons. The zero-order valence-electron chi connectivity index (χ0n) is 8.28. The van der Waals surface area contributed by atoms with Crippen molar-refractivity contribution in [2.75, 3.05) is 13.1 Å². The maximum absolute atomic E-state index is 11.8. The monoisotopic (exact) mass is 211 g/mol. The lowest BCUT2D eigenvalue weighted by Gasteiger charge is -2.44. The molecule has 0 unspecified atom stereocenters. The summed E-state index contributed by atoms with van der Waals surface area (Å²) in [6.45, 7) is 4.58. The molecule has 4 heteroatoms. The number of rotatable bonds is 1. The predicted octanol–water partition coefficient (Wildman–Crippen LogP) is 1.26. The molecule has 0 spiro atoms. The second-order valence-corrected chi connectivity index (χ2v) is 5.01. The van der Waals surface area contributed by atoms with E-state index < -0.39 is 5.60 Å². The molecule has 1 aromatic rings. The van der Waals surface area contributed by atoms with Crippen LogP contribution in [0.1, 0.15) is 22.2 Å². The smallest absolute Gasteiger partial charge is 0.264 e. The summed E-state index contributed by atoms with van der Waals surface area (Å²) in [5.41, 5.74) is 0.340. The standard InChI is InChI=1S/C10H13NO2S/c1-7-3-4-14-8(7)9(12)11-5-10(2,13)6-11/h3-4,13H,5-6H2,1-2H3. The Morgan fingerprint density at radius 2 is 2.29 bits per heavy atom. The number of amides is 1. The van der Waals surface area contributed by atoms with E-state index in [2.05, 4.69) is 0 Å². The first kappa shape index (κ1) is 9.68. The van der Waals surface area contributed by atoms with Gasteiger partial charge in [-0.25, -0.2) is 0 Å². The van der Waals surface area contributed by atoms with E-state index in [1.165, 1.54) is 11.3 Å². The summed E-state index contributed by atoms with van der Waals surface area (Å²) in [5.74, 6) is 0.0454. The normalized spacial score (nSPS) is 19.2. The van der Waals surface area contributed by atoms with Crippen LogP contribution in [-0.2, 0) is 0 Å². The van der Waals surface area contributed by atoms with Crippen molar-refractivity contribution in [1.82, 2.24) is 4.90 Å². The van der Waals surface area contributed by atoms with Gasteiger partial charge in [-0.05, 0) is 30.9 Å². The summed E-state index contributed by atoms with van der Waals surface area (Å²) in [4.78, 5) is 14.3. The largest absolute Gasteiger partial charge is 0.386 e. The molecule has 1 aromatic heterocycles. The highest BCUT2D eigenvalue weighted by molar-refractivity contribution is 7.12. The van der Waals surface area contributed by atoms with E-state index in [-0.39, 0.29) is 5.91 Å². The van der Waals surface area contributed by atoms with E-state index in [0.717, 1.165) is 10.4 Å². The first-order chi connectivity index (χ1) is 6.49. The molecule has 1 N–H and O–H groups in total. The van der Waals surface area contributed by atoms with Crippen LogP contribution in [0.3, 0.4) is 0 Å². The molecule has 0 bridgehead atoms. The summed E-state index contributed by atoms with van der Waals surface area (Å²) in [6.07, 6.45) is 0. The minimum atomic E-state index is -0.680. The minimum Gasteiger partial charge on any atom is -0.386 e. The Balaban J connectivity index is 2.08. The van der Waals surface area contributed by atoms with Crippen LogP contribution in [0, 0.1) is 6.92 Å². The molecule has 0 atom stereocenters. The zero-order chi connectivity index (χ0) is 10.3. The van der Waals surface area contributed by atoms with Crippen molar-refractivity contribution >= 4 is 17.2 Å². The van der Waals surface area contributed by atoms with Crippen molar-refractivity contribution in [3.63, 3.8) is 0 Å². The topological polar surface area (TPSA) is 40.5 Å². The fraction of sp³-hybridized carbons (Fsp3) is 0.500. The van der Waals surface area contributed by atoms with Gasteiger partial charge in [-0.1, -0.05) is 0 Å². The third-order valence-electron chi connectivity index (χ3n) is 2.41. The lowest BCUT2D eigenvalue weighted by molar-refractivity contribution is -0.0667. The first-order valence-electron chi connectivity index (χ1n) is 4.55. The molecule has 1 aliphatic heterocycles. The Morgan fingerprint density at radius 3 is 2.71 bits per heavy atom. The highest BCUT2D eigenvalue weighted by atomic mass is 32.1. The fourth-order valence-electron chi connectivity index (χ4n) is 1.66. The third-order valence-corrected chi connectivity index (χ3v) is 3.41. The van der Waals surface area contributed by atoms with Crippen molar-refractivity contribution in [3.05, 3.63) is 21.9 Å². The van der Waals surface area contributed by atoms with Gasteiger partial charge in [-0.3, -0.25) is 4.79 Å². The number of β-amino-alcohol motifs (C(OH)–C–C–N with tert-alkyl or cyclic N) is 1. The minimum absolute atomic E-state index is 0.0454. The van der Waals surface area contributed by atoms with Crippen LogP contribution >= 0.6 is 11.3 Å². The van der Waals surface area contributed by atoms with E-state index >= 15 is 0 Å². The SMILES string of the molecule is Cc1ccsc1C(=O)N1CC(C)(O)C1. The van der Waals surface area contributed by atoms with Crippen molar-refractivity contribution in [3.8, 4) is 0 Å². The number of likely N-dealkylation sites (tertiary alicyclic amines) is 1. The summed E-state index contributed by atoms with van der Waals surface area (Å²) in [6, 6.07) is 1.94. The summed E-state index contributed by atoms with van der Waals surface area (Å²) in [7, 11) is 0. The van der Waals surface area contributed by atoms with Crippen LogP contribution in [0.15, 0.2) is 11.4 Å². The van der Waals surface area contributed by atoms with Crippen LogP contribution in [0.5, 0.6) is 0 Å². The molecule has 1 amide bonds. The van der Waals surface area contributed by atoms with Crippen molar-refractivity contribution in [1.29, 1.82) is 0 Å². The number of aliphatic hydroxyl groups is 1. The van der Waals surface area contributed by atoms with Gasteiger partial charge in [-0.15, -0.1) is 11.3 Å². The van der Waals surface area contributed by atoms with E-state index in [1.54, 1.807) is 11.8 Å². The van der Waals surface area contributed by atoms with Crippen LogP contribution < -0.4 is 0 Å². The molecule has 1 saturated heterocycles. The number of nitrogens with zero attached hydrogens (tertiary/aromatic N) is 1. The summed E-state index contributed by atoms with van der Waals surface area (Å²) < 4.78 is 0. The molecule has 0 aliphatic carbocycles. The van der Waals surface area contributed by atoms with Crippen LogP contribution in [0.4, 0.5) is 0 Å². The van der Waals surface area contributed by atoms with Crippen molar-refractivity contribution in [2.24, 2.45) is 0 Å². The Morgan fingerprint density at radius 1 is 1.64 bits per heavy atom. The van der Waals surface area contributed by atoms with Crippen LogP contribution in [0.2, 0.25) is 0 Å². The van der Waals surface area contributed by atoms with E-state index in [4.69, 9.17) is 0 Å². The molecule has 76 valence electrons. The molecule has 2 heterocycles. The Kier molecular flexibility index (Phi) is 2.12. The van der Waals surface area contributed by atoms with Gasteiger partial charge >= 0.3 is 0 Å². The second-order valence-electron chi connectivity index (χ2n) is 4.09. The van der Waals surface area contributed by atoms with Crippen molar-refractivity contribution in [2.45, 2.75) is 19.4 Å². The van der Waals surface area contributed by atoms with Gasteiger partial charge in [-0.2, -0.15) is 0 Å². The van der Waals surface area contributed by atoms with Gasteiger partial charge in [0.1, 0.15) is 0 Å². The summed E-state index contributed by atoms with van der Waals surface area (Å²) >= 11 is 1.46. The number of aryl methyl sites for hydroxylation is 1. The van der Waals surface area contributed by atoms with Gasteiger partial charge in [0.2, 0.25) is 0 Å². The Bertz CT molecular complexity index is 362. The van der Waals surface area contributed by atoms with E-state index in [9.17, 15) is 9.90 Å². The predicted molar refractivity (Wildman–Crippen MR) is 55.6 cm³/mol. The molecule has 0 saturated carbocycles. The number of hydrogen-bond acceptors (Lipinski definition) is 3. The average molecular weight is 211 g/mol. The fourth-order valence-corrected chi connectivity index (χ4v) is 2.55. The van der Waals surface area contributed by atoms with Crippen molar-refractivity contribution < 1.29 is 9.90 Å². The third kappa shape index (κ3) is 1.55. The molecule has 1 aliphatic rings. The maximum Gasteiger partial charge on any atom is 0.264 e. The number of carbonyl (C=O) groups is 1. The number of thiophene rings is 1. The van der Waals surface area contributed by atoms with Gasteiger partial charge in [0.05, 0.1) is 23.6 Å². The molecule has 2 rings (SSSR count). The van der Waals surface area contributed by atoms with Crippen LogP contribution in [0.25, 0.3) is 0 Å². The van der Waals surface area contributed by atoms with Gasteiger partial charge in [0.15, 0.2) is 0 Å². The molecule has 3 nitrogen and oxygen atoms in total. The second kappa shape index (κ2) is 3.07. The molecular formula is C10H13NO2S. The highest BCUT2D eigenvalue weighted by Gasteiger charge is 2.40. The Labute approximate surface area is 87.0 Å². The van der Waals surface area contributed by atoms with Crippen LogP contribution in [-0.4, -0.2) is 34.6 Å². The summed E-state index contributed by atoms with van der Waals surface area (Å²) in [5, 5.41) is 11.4. The molecule has 1 fully saturated rings. The molecular weight excluding hydrogens is 198 g/mol. The van der Waals surface area contributed by atoms with Gasteiger partial charge < -0.3 is 10.0 Å². The highest BCUT2D eigenvalue weighted by Crippen LogP contribution is 2.25. The Hall–Kier alpha value is -0.870. The van der Waals surface area contributed by atoms with Gasteiger partial charge in [0.25, 0.3) is 5.91 Å². The van der Waals surface area contributed by atoms with Gasteiger partial charge in [0, 0.05) is 0 Å². The lowest BCUT2D eigenvalue weighted by Crippen LogP contribution is -2.61. The molecule has 14 heavy (non-hydrogen) atoms. The van der Waals surface area contributed by atoms with E-state index in [0.29, 0.717) is 13.1 Å². The van der Waals surface area contributed by atoms with E-state index in [1.807, 2.05) is 18.4 Å². The number of carbonyl (C=O) groups excluding carboxylic acids is 1.